The molecule has 1 amide bonds. The van der Waals surface area contributed by atoms with Crippen molar-refractivity contribution in [3.05, 3.63) is 30.3 Å². The molecule has 0 N–H and O–H groups in total. The fourth-order valence-electron chi connectivity index (χ4n) is 3.11. The third kappa shape index (κ3) is 4.68. The van der Waals surface area contributed by atoms with Gasteiger partial charge in [0.2, 0.25) is 5.91 Å². The molecule has 1 saturated heterocycles. The van der Waals surface area contributed by atoms with Crippen molar-refractivity contribution in [2.45, 2.75) is 37.2 Å². The van der Waals surface area contributed by atoms with Gasteiger partial charge in [-0.1, -0.05) is 18.2 Å². The minimum atomic E-state index is -3.57. The summed E-state index contributed by atoms with van der Waals surface area (Å²) >= 11 is 0. The van der Waals surface area contributed by atoms with Crippen LogP contribution in [0, 0.1) is 0 Å². The minimum absolute atomic E-state index is 0.130. The lowest BCUT2D eigenvalue weighted by molar-refractivity contribution is -0.135. The number of rotatable bonds is 6. The van der Waals surface area contributed by atoms with Crippen LogP contribution in [0.1, 0.15) is 20.3 Å². The van der Waals surface area contributed by atoms with E-state index in [0.29, 0.717) is 0 Å². The summed E-state index contributed by atoms with van der Waals surface area (Å²) in [5.41, 5.74) is 0. The van der Waals surface area contributed by atoms with E-state index in [1.807, 2.05) is 0 Å². The molecule has 152 valence electrons. The number of nitrogens with zero attached hydrogens (tertiary/aromatic N) is 3. The molecule has 0 spiro atoms. The Kier molecular flexibility index (Phi) is 6.67. The summed E-state index contributed by atoms with van der Waals surface area (Å²) in [6.45, 7) is 3.96. The van der Waals surface area contributed by atoms with Gasteiger partial charge in [0.15, 0.2) is 9.84 Å². The van der Waals surface area contributed by atoms with Gasteiger partial charge in [-0.25, -0.2) is 8.42 Å². The highest BCUT2D eigenvalue weighted by molar-refractivity contribution is 7.91. The fraction of sp³-hybridized carbons (Fsp3) is 0.588. The summed E-state index contributed by atoms with van der Waals surface area (Å²) < 4.78 is 52.1. The maximum Gasteiger partial charge on any atom is 0.281 e. The Bertz CT molecular complexity index is 869. The van der Waals surface area contributed by atoms with Crippen LogP contribution >= 0.6 is 0 Å². The predicted octanol–water partition coefficient (Wildman–Crippen LogP) is 0.578. The van der Waals surface area contributed by atoms with Crippen molar-refractivity contribution >= 4 is 26.0 Å². The number of amides is 1. The minimum Gasteiger partial charge on any atom is -0.337 e. The quantitative estimate of drug-likeness (QED) is 0.675. The first kappa shape index (κ1) is 21.8. The standard InChI is InChI=1S/C17H27N3O5S2/c1-14-15(2)20(27(24,25)18(3)4)12-11-19(14)17(21)10-13-26(22,23)16-8-6-5-7-9-16/h5-9,14-15H,10-13H2,1-4H3/t14-,15-/m1/s1. The molecule has 1 aromatic rings. The van der Waals surface area contributed by atoms with E-state index in [4.69, 9.17) is 0 Å². The highest BCUT2D eigenvalue weighted by Gasteiger charge is 2.40. The molecule has 0 unspecified atom stereocenters. The molecule has 0 aromatic heterocycles. The van der Waals surface area contributed by atoms with Gasteiger partial charge in [0.25, 0.3) is 10.2 Å². The van der Waals surface area contributed by atoms with Crippen LogP contribution in [0.3, 0.4) is 0 Å². The molecule has 1 aliphatic rings. The molecule has 10 heteroatoms. The average Bonchev–Trinajstić information content (AvgIpc) is 2.62. The molecule has 2 rings (SSSR count). The molecule has 1 aromatic carbocycles. The normalized spacial score (nSPS) is 22.2. The summed E-state index contributed by atoms with van der Waals surface area (Å²) in [6.07, 6.45) is -0.130. The van der Waals surface area contributed by atoms with Crippen LogP contribution in [-0.4, -0.2) is 81.3 Å². The molecule has 1 aliphatic heterocycles. The van der Waals surface area contributed by atoms with Gasteiger partial charge in [-0.2, -0.15) is 17.0 Å². The van der Waals surface area contributed by atoms with Gasteiger partial charge in [-0.3, -0.25) is 4.79 Å². The van der Waals surface area contributed by atoms with Crippen LogP contribution in [0.5, 0.6) is 0 Å². The molecule has 0 radical (unpaired) electrons. The van der Waals surface area contributed by atoms with E-state index < -0.39 is 26.1 Å². The summed E-state index contributed by atoms with van der Waals surface area (Å²) in [5.74, 6) is -0.552. The summed E-state index contributed by atoms with van der Waals surface area (Å²) in [6, 6.07) is 7.28. The zero-order chi connectivity index (χ0) is 20.4. The highest BCUT2D eigenvalue weighted by Crippen LogP contribution is 2.22. The number of carbonyl (C=O) groups is 1. The second-order valence-electron chi connectivity index (χ2n) is 6.85. The summed E-state index contributed by atoms with van der Waals surface area (Å²) in [4.78, 5) is 14.4. The van der Waals surface area contributed by atoms with Crippen LogP contribution < -0.4 is 0 Å². The Morgan fingerprint density at radius 3 is 2.19 bits per heavy atom. The second kappa shape index (κ2) is 8.26. The first-order chi connectivity index (χ1) is 12.5. The number of hydrogen-bond acceptors (Lipinski definition) is 5. The van der Waals surface area contributed by atoms with Gasteiger partial charge in [0.05, 0.1) is 10.6 Å². The topological polar surface area (TPSA) is 95.1 Å². The molecule has 0 bridgehead atoms. The van der Waals surface area contributed by atoms with Gasteiger partial charge in [-0.05, 0) is 26.0 Å². The Balaban J connectivity index is 2.04. The first-order valence-electron chi connectivity index (χ1n) is 8.75. The van der Waals surface area contributed by atoms with E-state index in [-0.39, 0.29) is 42.1 Å². The monoisotopic (exact) mass is 417 g/mol. The van der Waals surface area contributed by atoms with Crippen LogP contribution in [0.2, 0.25) is 0 Å². The van der Waals surface area contributed by atoms with E-state index in [1.165, 1.54) is 30.5 Å². The molecular formula is C17H27N3O5S2. The molecule has 0 aliphatic carbocycles. The molecule has 8 nitrogen and oxygen atoms in total. The number of hydrogen-bond donors (Lipinski definition) is 0. The van der Waals surface area contributed by atoms with Crippen LogP contribution in [0.15, 0.2) is 35.2 Å². The second-order valence-corrected chi connectivity index (χ2v) is 11.1. The van der Waals surface area contributed by atoms with Crippen molar-refractivity contribution in [3.8, 4) is 0 Å². The lowest BCUT2D eigenvalue weighted by atomic mass is 10.1. The van der Waals surface area contributed by atoms with Gasteiger partial charge < -0.3 is 4.90 Å². The molecule has 1 fully saturated rings. The Morgan fingerprint density at radius 2 is 1.63 bits per heavy atom. The maximum absolute atomic E-state index is 12.6. The average molecular weight is 418 g/mol. The van der Waals surface area contributed by atoms with Gasteiger partial charge in [0.1, 0.15) is 0 Å². The van der Waals surface area contributed by atoms with Crippen LogP contribution in [0.4, 0.5) is 0 Å². The van der Waals surface area contributed by atoms with E-state index in [1.54, 1.807) is 36.9 Å². The molecular weight excluding hydrogens is 390 g/mol. The maximum atomic E-state index is 12.6. The molecule has 1 heterocycles. The molecule has 2 atom stereocenters. The zero-order valence-corrected chi connectivity index (χ0v) is 17.7. The van der Waals surface area contributed by atoms with Gasteiger partial charge >= 0.3 is 0 Å². The van der Waals surface area contributed by atoms with E-state index in [0.717, 1.165) is 4.31 Å². The summed E-state index contributed by atoms with van der Waals surface area (Å²) in [7, 11) is -4.16. The van der Waals surface area contributed by atoms with Crippen molar-refractivity contribution in [2.75, 3.05) is 32.9 Å². The van der Waals surface area contributed by atoms with Crippen molar-refractivity contribution < 1.29 is 21.6 Å². The SMILES string of the molecule is C[C@@H]1[C@@H](C)N(S(=O)(=O)N(C)C)CCN1C(=O)CCS(=O)(=O)c1ccccc1. The molecule has 0 saturated carbocycles. The Labute approximate surface area is 161 Å². The number of piperazine rings is 1. The summed E-state index contributed by atoms with van der Waals surface area (Å²) in [5, 5.41) is 0. The van der Waals surface area contributed by atoms with Crippen LogP contribution in [0.25, 0.3) is 0 Å². The lowest BCUT2D eigenvalue weighted by Crippen LogP contribution is -2.61. The van der Waals surface area contributed by atoms with Crippen molar-refractivity contribution in [1.29, 1.82) is 0 Å². The van der Waals surface area contributed by atoms with Crippen molar-refractivity contribution in [2.24, 2.45) is 0 Å². The smallest absolute Gasteiger partial charge is 0.281 e. The largest absolute Gasteiger partial charge is 0.337 e. The van der Waals surface area contributed by atoms with Crippen molar-refractivity contribution in [1.82, 2.24) is 13.5 Å². The van der Waals surface area contributed by atoms with Crippen molar-refractivity contribution in [3.63, 3.8) is 0 Å². The van der Waals surface area contributed by atoms with E-state index in [2.05, 4.69) is 0 Å². The molecule has 27 heavy (non-hydrogen) atoms. The number of carbonyl (C=O) groups excluding carboxylic acids is 1. The van der Waals surface area contributed by atoms with E-state index >= 15 is 0 Å². The lowest BCUT2D eigenvalue weighted by Gasteiger charge is -2.44. The van der Waals surface area contributed by atoms with Gasteiger partial charge in [-0.15, -0.1) is 0 Å². The van der Waals surface area contributed by atoms with Crippen LogP contribution in [-0.2, 0) is 24.8 Å². The predicted molar refractivity (Wildman–Crippen MR) is 103 cm³/mol. The third-order valence-corrected chi connectivity index (χ3v) is 8.73. The number of sulfone groups is 1. The van der Waals surface area contributed by atoms with Gasteiger partial charge in [0, 0.05) is 45.7 Å². The van der Waals surface area contributed by atoms with E-state index in [9.17, 15) is 21.6 Å². The highest BCUT2D eigenvalue weighted by atomic mass is 32.2. The third-order valence-electron chi connectivity index (χ3n) is 4.97. The number of benzene rings is 1. The first-order valence-corrected chi connectivity index (χ1v) is 11.8. The zero-order valence-electron chi connectivity index (χ0n) is 16.1. The Morgan fingerprint density at radius 1 is 1.04 bits per heavy atom. The Hall–Kier alpha value is -1.49. The fourth-order valence-corrected chi connectivity index (χ4v) is 5.69.